The Morgan fingerprint density at radius 3 is 2.33 bits per heavy atom. The average molecular weight is 565 g/mol. The van der Waals surface area contributed by atoms with Crippen molar-refractivity contribution in [3.63, 3.8) is 0 Å². The number of aryl methyl sites for hydroxylation is 2. The molecule has 0 spiro atoms. The van der Waals surface area contributed by atoms with Gasteiger partial charge in [0, 0.05) is 36.8 Å². The predicted molar refractivity (Wildman–Crippen MR) is 169 cm³/mol. The van der Waals surface area contributed by atoms with Crippen LogP contribution in [0.1, 0.15) is 35.9 Å². The van der Waals surface area contributed by atoms with E-state index in [1.807, 2.05) is 30.6 Å². The number of aromatic nitrogens is 8. The van der Waals surface area contributed by atoms with Crippen LogP contribution in [0.2, 0.25) is 0 Å². The third kappa shape index (κ3) is 5.35. The van der Waals surface area contributed by atoms with Crippen LogP contribution in [0, 0.1) is 6.92 Å². The number of fused-ring (bicyclic) bond motifs is 1. The van der Waals surface area contributed by atoms with Gasteiger partial charge in [-0.2, -0.15) is 5.21 Å². The van der Waals surface area contributed by atoms with Gasteiger partial charge in [-0.1, -0.05) is 85.8 Å². The smallest absolute Gasteiger partial charge is 0.205 e. The van der Waals surface area contributed by atoms with Crippen molar-refractivity contribution in [3.8, 4) is 33.8 Å². The van der Waals surface area contributed by atoms with E-state index >= 15 is 0 Å². The minimum absolute atomic E-state index is 0.588. The van der Waals surface area contributed by atoms with E-state index in [1.165, 1.54) is 11.1 Å². The Morgan fingerprint density at radius 2 is 1.56 bits per heavy atom. The summed E-state index contributed by atoms with van der Waals surface area (Å²) in [5, 5.41) is 14.7. The molecule has 3 aromatic heterocycles. The molecular weight excluding hydrogens is 532 g/mol. The van der Waals surface area contributed by atoms with Crippen LogP contribution in [0.15, 0.2) is 104 Å². The predicted octanol–water partition coefficient (Wildman–Crippen LogP) is 7.10. The third-order valence-corrected chi connectivity index (χ3v) is 7.85. The summed E-state index contributed by atoms with van der Waals surface area (Å²) < 4.78 is 4.51. The second-order valence-electron chi connectivity index (χ2n) is 10.9. The lowest BCUT2D eigenvalue weighted by Gasteiger charge is -2.12. The van der Waals surface area contributed by atoms with Crippen LogP contribution >= 0.6 is 0 Å². The zero-order chi connectivity index (χ0) is 29.2. The summed E-state index contributed by atoms with van der Waals surface area (Å²) in [5.74, 6) is 1.70. The van der Waals surface area contributed by atoms with Gasteiger partial charge < -0.3 is 9.13 Å². The molecule has 0 aliphatic rings. The molecule has 0 radical (unpaired) electrons. The number of aromatic amines is 1. The Bertz CT molecular complexity index is 1980. The minimum atomic E-state index is 0.588. The zero-order valence-corrected chi connectivity index (χ0v) is 24.3. The fourth-order valence-corrected chi connectivity index (χ4v) is 5.75. The standard InChI is InChI=1S/C35H32N8/c1-3-9-33-37-34-24(2)18-28(31-22-42(23-36-31)20-25-10-5-4-6-11-25)19-32(34)43(33)21-26-14-16-27(17-15-26)29-12-7-8-13-30(29)35-38-40-41-39-35/h4-8,10-19,22-23H,3,9,20-21H2,1-2H3,(H,38,39,40,41). The molecule has 4 aromatic carbocycles. The van der Waals surface area contributed by atoms with E-state index in [9.17, 15) is 0 Å². The van der Waals surface area contributed by atoms with Gasteiger partial charge in [0.1, 0.15) is 5.82 Å². The molecule has 43 heavy (non-hydrogen) atoms. The van der Waals surface area contributed by atoms with Gasteiger partial charge in [0.05, 0.1) is 23.1 Å². The van der Waals surface area contributed by atoms with Crippen molar-refractivity contribution in [2.24, 2.45) is 0 Å². The molecule has 3 heterocycles. The van der Waals surface area contributed by atoms with Gasteiger partial charge in [0.2, 0.25) is 5.82 Å². The summed E-state index contributed by atoms with van der Waals surface area (Å²) in [5.41, 5.74) is 11.0. The maximum absolute atomic E-state index is 5.11. The number of nitrogens with one attached hydrogen (secondary N) is 1. The van der Waals surface area contributed by atoms with Gasteiger partial charge in [0.15, 0.2) is 0 Å². The molecule has 0 aliphatic heterocycles. The van der Waals surface area contributed by atoms with Crippen LogP contribution in [-0.4, -0.2) is 39.7 Å². The van der Waals surface area contributed by atoms with Crippen molar-refractivity contribution in [1.82, 2.24) is 39.7 Å². The SMILES string of the molecule is CCCc1nc2c(C)cc(-c3cn(Cc4ccccc4)cn3)cc2n1Cc1ccc(-c2ccccc2-c2nn[nH]n2)cc1. The topological polar surface area (TPSA) is 90.1 Å². The summed E-state index contributed by atoms with van der Waals surface area (Å²) in [4.78, 5) is 9.88. The van der Waals surface area contributed by atoms with Crippen molar-refractivity contribution in [2.75, 3.05) is 0 Å². The van der Waals surface area contributed by atoms with Gasteiger partial charge >= 0.3 is 0 Å². The number of tetrazole rings is 1. The summed E-state index contributed by atoms with van der Waals surface area (Å²) in [7, 11) is 0. The molecule has 0 amide bonds. The molecule has 0 saturated carbocycles. The lowest BCUT2D eigenvalue weighted by atomic mass is 9.98. The summed E-state index contributed by atoms with van der Waals surface area (Å²) in [6.45, 7) is 5.89. The maximum Gasteiger partial charge on any atom is 0.205 e. The molecule has 7 rings (SSSR count). The van der Waals surface area contributed by atoms with Gasteiger partial charge in [-0.05, 0) is 58.5 Å². The fraction of sp³-hybridized carbons (Fsp3) is 0.171. The Kier molecular flexibility index (Phi) is 7.08. The van der Waals surface area contributed by atoms with E-state index in [1.54, 1.807) is 0 Å². The highest BCUT2D eigenvalue weighted by molar-refractivity contribution is 5.85. The molecule has 212 valence electrons. The fourth-order valence-electron chi connectivity index (χ4n) is 5.75. The highest BCUT2D eigenvalue weighted by Gasteiger charge is 2.16. The number of H-pyrrole nitrogens is 1. The highest BCUT2D eigenvalue weighted by Crippen LogP contribution is 2.31. The average Bonchev–Trinajstić information content (AvgIpc) is 3.81. The van der Waals surface area contributed by atoms with Gasteiger partial charge in [-0.3, -0.25) is 0 Å². The first-order valence-electron chi connectivity index (χ1n) is 14.6. The number of nitrogens with zero attached hydrogens (tertiary/aromatic N) is 7. The highest BCUT2D eigenvalue weighted by atomic mass is 15.5. The van der Waals surface area contributed by atoms with Crippen LogP contribution in [0.3, 0.4) is 0 Å². The zero-order valence-electron chi connectivity index (χ0n) is 24.3. The molecule has 0 unspecified atom stereocenters. The second kappa shape index (κ2) is 11.5. The van der Waals surface area contributed by atoms with Crippen molar-refractivity contribution in [3.05, 3.63) is 126 Å². The van der Waals surface area contributed by atoms with Crippen LogP contribution in [0.4, 0.5) is 0 Å². The van der Waals surface area contributed by atoms with Crippen molar-refractivity contribution in [1.29, 1.82) is 0 Å². The van der Waals surface area contributed by atoms with Gasteiger partial charge in [-0.25, -0.2) is 9.97 Å². The largest absolute Gasteiger partial charge is 0.332 e. The molecule has 0 fully saturated rings. The monoisotopic (exact) mass is 564 g/mol. The third-order valence-electron chi connectivity index (χ3n) is 7.85. The number of imidazole rings is 2. The number of rotatable bonds is 9. The lowest BCUT2D eigenvalue weighted by molar-refractivity contribution is 0.722. The van der Waals surface area contributed by atoms with Crippen molar-refractivity contribution in [2.45, 2.75) is 39.8 Å². The molecule has 0 atom stereocenters. The second-order valence-corrected chi connectivity index (χ2v) is 10.9. The molecule has 7 aromatic rings. The quantitative estimate of drug-likeness (QED) is 0.202. The summed E-state index contributed by atoms with van der Waals surface area (Å²) in [6, 6.07) is 31.8. The lowest BCUT2D eigenvalue weighted by Crippen LogP contribution is -2.05. The Morgan fingerprint density at radius 1 is 0.791 bits per heavy atom. The molecule has 0 bridgehead atoms. The Balaban J connectivity index is 1.21. The van der Waals surface area contributed by atoms with Gasteiger partial charge in [0.25, 0.3) is 0 Å². The molecular formula is C35H32N8. The van der Waals surface area contributed by atoms with Crippen LogP contribution in [0.5, 0.6) is 0 Å². The number of hydrogen-bond donors (Lipinski definition) is 1. The van der Waals surface area contributed by atoms with E-state index in [-0.39, 0.29) is 0 Å². The van der Waals surface area contributed by atoms with E-state index in [0.717, 1.165) is 76.3 Å². The normalized spacial score (nSPS) is 11.4. The number of hydrogen-bond acceptors (Lipinski definition) is 5. The van der Waals surface area contributed by atoms with Crippen molar-refractivity contribution < 1.29 is 0 Å². The molecule has 8 nitrogen and oxygen atoms in total. The summed E-state index contributed by atoms with van der Waals surface area (Å²) in [6.07, 6.45) is 6.00. The first kappa shape index (κ1) is 26.5. The molecule has 8 heteroatoms. The van der Waals surface area contributed by atoms with Crippen LogP contribution in [-0.2, 0) is 19.5 Å². The minimum Gasteiger partial charge on any atom is -0.332 e. The first-order chi connectivity index (χ1) is 21.2. The first-order valence-corrected chi connectivity index (χ1v) is 14.6. The molecule has 1 N–H and O–H groups in total. The maximum atomic E-state index is 5.11. The molecule has 0 saturated heterocycles. The van der Waals surface area contributed by atoms with E-state index in [4.69, 9.17) is 9.97 Å². The summed E-state index contributed by atoms with van der Waals surface area (Å²) >= 11 is 0. The van der Waals surface area contributed by atoms with Crippen molar-refractivity contribution >= 4 is 11.0 Å². The Hall–Kier alpha value is -5.37. The molecule has 0 aliphatic carbocycles. The van der Waals surface area contributed by atoms with E-state index in [2.05, 4.69) is 117 Å². The number of benzene rings is 4. The van der Waals surface area contributed by atoms with Crippen LogP contribution < -0.4 is 0 Å². The van der Waals surface area contributed by atoms with Crippen LogP contribution in [0.25, 0.3) is 44.8 Å². The van der Waals surface area contributed by atoms with E-state index in [0.29, 0.717) is 5.82 Å². The van der Waals surface area contributed by atoms with E-state index < -0.39 is 0 Å². The Labute approximate surface area is 250 Å². The van der Waals surface area contributed by atoms with Gasteiger partial charge in [-0.15, -0.1) is 10.2 Å².